The van der Waals surface area contributed by atoms with Crippen LogP contribution < -0.4 is 5.32 Å². The minimum Gasteiger partial charge on any atom is -0.540 e. The average molecular weight is 399 g/mol. The van der Waals surface area contributed by atoms with E-state index in [9.17, 15) is 19.5 Å². The Labute approximate surface area is 161 Å². The molecule has 0 aromatic rings. The molecule has 0 bridgehead atoms. The number of amides is 1. The summed E-state index contributed by atoms with van der Waals surface area (Å²) in [6.07, 6.45) is 0.890. The largest absolute Gasteiger partial charge is 0.540 e. The first kappa shape index (κ1) is 21.1. The predicted octanol–water partition coefficient (Wildman–Crippen LogP) is 0.454. The van der Waals surface area contributed by atoms with Crippen LogP contribution in [0.1, 0.15) is 40.0 Å². The number of thioether (sulfide) groups is 1. The fourth-order valence-electron chi connectivity index (χ4n) is 2.37. The number of rotatable bonds is 5. The zero-order valence-electron chi connectivity index (χ0n) is 15.6. The van der Waals surface area contributed by atoms with Crippen LogP contribution in [0.3, 0.4) is 0 Å². The second-order valence-corrected chi connectivity index (χ2v) is 8.11. The summed E-state index contributed by atoms with van der Waals surface area (Å²) in [5, 5.41) is 15.8. The van der Waals surface area contributed by atoms with Gasteiger partial charge in [-0.2, -0.15) is 0 Å². The molecule has 2 aliphatic rings. The maximum atomic E-state index is 11.9. The maximum Gasteiger partial charge on any atom is 0.413 e. The third kappa shape index (κ3) is 5.38. The number of carboxylic acids is 1. The molecule has 0 aromatic carbocycles. The molecule has 1 atom stereocenters. The number of hydrogen-bond donors (Lipinski definition) is 2. The van der Waals surface area contributed by atoms with Gasteiger partial charge in [-0.1, -0.05) is 16.9 Å². The van der Waals surface area contributed by atoms with Crippen molar-refractivity contribution in [1.82, 2.24) is 5.32 Å². The van der Waals surface area contributed by atoms with Crippen LogP contribution >= 0.6 is 11.8 Å². The second-order valence-electron chi connectivity index (χ2n) is 7.10. The molecule has 0 saturated heterocycles. The Kier molecular flexibility index (Phi) is 6.40. The van der Waals surface area contributed by atoms with Gasteiger partial charge in [0.1, 0.15) is 11.6 Å². The maximum absolute atomic E-state index is 11.9. The second kappa shape index (κ2) is 8.20. The van der Waals surface area contributed by atoms with Crippen molar-refractivity contribution in [2.24, 2.45) is 10.1 Å². The third-order valence-corrected chi connectivity index (χ3v) is 4.79. The number of carbonyl (C=O) groups is 3. The number of nitrogens with one attached hydrogen (secondary N) is 1. The summed E-state index contributed by atoms with van der Waals surface area (Å²) in [4.78, 5) is 44.6. The molecule has 27 heavy (non-hydrogen) atoms. The lowest BCUT2D eigenvalue weighted by atomic mass is 9.80. The van der Waals surface area contributed by atoms with E-state index in [1.54, 1.807) is 20.8 Å². The molecule has 12 heteroatoms. The average Bonchev–Trinajstić information content (AvgIpc) is 2.94. The molecule has 0 aromatic heterocycles. The number of carbonyl (C=O) groups excluding carboxylic acids is 2. The van der Waals surface area contributed by atoms with Crippen LogP contribution in [0.25, 0.3) is 0 Å². The number of nitrogens with zero attached hydrogens (tertiary/aromatic N) is 2. The Bertz CT molecular complexity index is 685. The number of alkyl carbamates (subject to hydrolysis) is 1. The molecule has 1 saturated carbocycles. The van der Waals surface area contributed by atoms with Crippen molar-refractivity contribution in [3.63, 3.8) is 0 Å². The van der Waals surface area contributed by atoms with E-state index in [2.05, 4.69) is 15.5 Å². The summed E-state index contributed by atoms with van der Waals surface area (Å²) in [6, 6.07) is -0.827. The summed E-state index contributed by atoms with van der Waals surface area (Å²) < 4.78 is 9.83. The zero-order valence-corrected chi connectivity index (χ0v) is 16.4. The summed E-state index contributed by atoms with van der Waals surface area (Å²) >= 11 is 1.16. The Hall–Kier alpha value is -2.24. The van der Waals surface area contributed by atoms with E-state index < -0.39 is 35.3 Å². The highest BCUT2D eigenvalue weighted by Gasteiger charge is 2.49. The summed E-state index contributed by atoms with van der Waals surface area (Å²) in [5.74, 6) is -1.65. The topological polar surface area (TPSA) is 136 Å². The smallest absolute Gasteiger partial charge is 0.413 e. The van der Waals surface area contributed by atoms with Crippen LogP contribution in [0.15, 0.2) is 10.1 Å². The molecule has 0 spiro atoms. The Morgan fingerprint density at radius 1 is 1.37 bits per heavy atom. The number of hydrogen-bond acceptors (Lipinski definition) is 9. The van der Waals surface area contributed by atoms with Gasteiger partial charge in [-0.05, 0) is 27.2 Å². The first-order valence-corrected chi connectivity index (χ1v) is 9.33. The van der Waals surface area contributed by atoms with Crippen molar-refractivity contribution in [1.29, 1.82) is 0 Å². The van der Waals surface area contributed by atoms with Crippen molar-refractivity contribution in [2.75, 3.05) is 5.75 Å². The van der Waals surface area contributed by atoms with Crippen molar-refractivity contribution < 1.29 is 33.7 Å². The fraction of sp³-hybridized carbons (Fsp3) is 0.667. The molecule has 2 rings (SSSR count). The van der Waals surface area contributed by atoms with E-state index in [0.29, 0.717) is 12.8 Å². The van der Waals surface area contributed by atoms with E-state index >= 15 is 0 Å². The highest BCUT2D eigenvalue weighted by Crippen LogP contribution is 2.37. The van der Waals surface area contributed by atoms with Crippen molar-refractivity contribution in [3.05, 3.63) is 0 Å². The van der Waals surface area contributed by atoms with E-state index in [0.717, 1.165) is 18.2 Å². The lowest BCUT2D eigenvalue weighted by molar-refractivity contribution is -0.175. The quantitative estimate of drug-likeness (QED) is 0.387. The Morgan fingerprint density at radius 3 is 2.52 bits per heavy atom. The molecule has 1 aliphatic heterocycles. The van der Waals surface area contributed by atoms with Gasteiger partial charge >= 0.3 is 26.1 Å². The first-order chi connectivity index (χ1) is 12.6. The molecule has 1 fully saturated rings. The van der Waals surface area contributed by atoms with Gasteiger partial charge in [0.2, 0.25) is 5.60 Å². The lowest BCUT2D eigenvalue weighted by Gasteiger charge is -2.36. The van der Waals surface area contributed by atoms with E-state index in [1.807, 2.05) is 0 Å². The van der Waals surface area contributed by atoms with E-state index in [4.69, 9.17) is 14.2 Å². The summed E-state index contributed by atoms with van der Waals surface area (Å²) in [6.45, 7) is 5.18. The molecule has 10 nitrogen and oxygen atoms in total. The highest BCUT2D eigenvalue weighted by molar-refractivity contribution is 8.14. The van der Waals surface area contributed by atoms with Crippen LogP contribution in [0.4, 0.5) is 4.79 Å². The predicted molar refractivity (Wildman–Crippen MR) is 100 cm³/mol. The van der Waals surface area contributed by atoms with Crippen LogP contribution in [-0.4, -0.2) is 65.1 Å². The van der Waals surface area contributed by atoms with Crippen LogP contribution in [0, 0.1) is 0 Å². The normalized spacial score (nSPS) is 21.5. The van der Waals surface area contributed by atoms with Crippen molar-refractivity contribution >= 4 is 48.7 Å². The van der Waals surface area contributed by atoms with Crippen LogP contribution in [-0.2, 0) is 23.8 Å². The van der Waals surface area contributed by atoms with Gasteiger partial charge in [-0.25, -0.2) is 14.4 Å². The van der Waals surface area contributed by atoms with E-state index in [-0.39, 0.29) is 16.6 Å². The molecular formula is C15H22BN3O7S. The summed E-state index contributed by atoms with van der Waals surface area (Å²) in [7, 11) is 1.24. The van der Waals surface area contributed by atoms with Crippen molar-refractivity contribution in [3.8, 4) is 0 Å². The minimum atomic E-state index is -1.32. The van der Waals surface area contributed by atoms with Gasteiger partial charge in [0, 0.05) is 18.6 Å². The lowest BCUT2D eigenvalue weighted by Crippen LogP contribution is -2.48. The molecule has 1 heterocycles. The molecule has 1 aliphatic carbocycles. The van der Waals surface area contributed by atoms with Crippen molar-refractivity contribution in [2.45, 2.75) is 57.3 Å². The number of amidine groups is 1. The Balaban J connectivity index is 2.07. The third-order valence-electron chi connectivity index (χ3n) is 3.83. The molecule has 1 unspecified atom stereocenters. The monoisotopic (exact) mass is 399 g/mol. The number of aliphatic imine (C=N–C) groups is 1. The molecule has 2 N–H and O–H groups in total. The van der Waals surface area contributed by atoms with Crippen LogP contribution in [0.5, 0.6) is 0 Å². The molecule has 0 radical (unpaired) electrons. The van der Waals surface area contributed by atoms with Gasteiger partial charge < -0.3 is 19.3 Å². The molecule has 148 valence electrons. The highest BCUT2D eigenvalue weighted by atomic mass is 32.2. The number of oxime groups is 1. The first-order valence-electron chi connectivity index (χ1n) is 8.35. The van der Waals surface area contributed by atoms with Crippen LogP contribution in [0.2, 0.25) is 0 Å². The minimum absolute atomic E-state index is 0.231. The Morgan fingerprint density at radius 2 is 2.04 bits per heavy atom. The molecular weight excluding hydrogens is 377 g/mol. The summed E-state index contributed by atoms with van der Waals surface area (Å²) in [5.41, 5.74) is -2.25. The van der Waals surface area contributed by atoms with Gasteiger partial charge in [0.25, 0.3) is 0 Å². The van der Waals surface area contributed by atoms with Gasteiger partial charge in [-0.3, -0.25) is 10.3 Å². The number of carboxylic acid groups (broad SMARTS) is 1. The number of ether oxygens (including phenoxy) is 1. The molecule has 1 amide bonds. The SMILES string of the molecule is BOC(=O)C1(O/N=C(\C(=O)O)C2CSC(NC(=O)OC(C)(C)C)=N2)CCC1. The van der Waals surface area contributed by atoms with E-state index in [1.165, 1.54) is 8.05 Å². The van der Waals surface area contributed by atoms with Gasteiger partial charge in [-0.15, -0.1) is 0 Å². The number of aliphatic carboxylic acids is 1. The fourth-order valence-corrected chi connectivity index (χ4v) is 3.27. The van der Waals surface area contributed by atoms with Gasteiger partial charge in [0.15, 0.2) is 10.9 Å². The zero-order chi connectivity index (χ0) is 20.2. The van der Waals surface area contributed by atoms with Gasteiger partial charge in [0.05, 0.1) is 0 Å². The standard InChI is InChI=1S/C15H22BN3O7S/c1-14(2,3)24-13(23)18-12-17-8(7-27-12)9(10(20)21)19-26-15(5-4-6-15)11(22)25-16/h8H,4-7,16H2,1-3H3,(H,20,21)(H,17,18,23)/b19-9-.